The summed E-state index contributed by atoms with van der Waals surface area (Å²) in [6, 6.07) is 19.3. The number of rotatable bonds is 6. The van der Waals surface area contributed by atoms with E-state index in [4.69, 9.17) is 4.74 Å². The molecule has 6 heteroatoms. The van der Waals surface area contributed by atoms with E-state index in [1.54, 1.807) is 31.0 Å². The Morgan fingerprint density at radius 3 is 2.70 bits per heavy atom. The number of fused-ring (bicyclic) bond motifs is 1. The molecule has 4 rings (SSSR count). The molecule has 1 unspecified atom stereocenters. The summed E-state index contributed by atoms with van der Waals surface area (Å²) in [6.45, 7) is 2.26. The fraction of sp³-hybridized carbons (Fsp3) is 0.292. The molecule has 1 amide bonds. The topological polar surface area (TPSA) is 75.3 Å². The highest BCUT2D eigenvalue weighted by Crippen LogP contribution is 2.29. The molecule has 1 N–H and O–H groups in total. The lowest BCUT2D eigenvalue weighted by atomic mass is 9.89. The number of nitrogens with zero attached hydrogens (tertiary/aromatic N) is 2. The van der Waals surface area contributed by atoms with Crippen molar-refractivity contribution in [3.63, 3.8) is 0 Å². The lowest BCUT2D eigenvalue weighted by Gasteiger charge is -2.36. The maximum atomic E-state index is 13.0. The maximum Gasteiger partial charge on any atom is 0.339 e. The first-order valence-electron chi connectivity index (χ1n) is 10.1. The fourth-order valence-electron chi connectivity index (χ4n) is 3.91. The van der Waals surface area contributed by atoms with Crippen LogP contribution < -0.4 is 0 Å². The average molecular weight is 403 g/mol. The van der Waals surface area contributed by atoms with E-state index in [-0.39, 0.29) is 5.91 Å². The molecule has 3 aromatic rings. The Bertz CT molecular complexity index is 1060. The Kier molecular flexibility index (Phi) is 5.40. The monoisotopic (exact) mass is 403 g/mol. The summed E-state index contributed by atoms with van der Waals surface area (Å²) in [5.41, 5.74) is 3.23. The molecule has 0 radical (unpaired) electrons. The van der Waals surface area contributed by atoms with Crippen molar-refractivity contribution in [2.24, 2.45) is 0 Å². The van der Waals surface area contributed by atoms with Crippen LogP contribution in [0.3, 0.4) is 0 Å². The second kappa shape index (κ2) is 8.14. The number of esters is 1. The first-order chi connectivity index (χ1) is 14.5. The van der Waals surface area contributed by atoms with Gasteiger partial charge in [0.2, 0.25) is 0 Å². The summed E-state index contributed by atoms with van der Waals surface area (Å²) < 4.78 is 5.55. The average Bonchev–Trinajstić information content (AvgIpc) is 3.22. The molecule has 0 saturated carbocycles. The molecule has 0 bridgehead atoms. The van der Waals surface area contributed by atoms with E-state index < -0.39 is 11.6 Å². The predicted molar refractivity (Wildman–Crippen MR) is 114 cm³/mol. The van der Waals surface area contributed by atoms with Crippen molar-refractivity contribution < 1.29 is 14.3 Å². The third kappa shape index (κ3) is 3.99. The van der Waals surface area contributed by atoms with Crippen LogP contribution in [0.25, 0.3) is 11.3 Å². The van der Waals surface area contributed by atoms with Gasteiger partial charge in [-0.25, -0.2) is 4.79 Å². The van der Waals surface area contributed by atoms with E-state index >= 15 is 0 Å². The molecule has 1 aliphatic heterocycles. The number of nitrogens with one attached hydrogen (secondary N) is 1. The Morgan fingerprint density at radius 1 is 1.17 bits per heavy atom. The molecule has 0 spiro atoms. The van der Waals surface area contributed by atoms with Crippen molar-refractivity contribution in [1.82, 2.24) is 15.1 Å². The Labute approximate surface area is 175 Å². The number of hydrogen-bond acceptors (Lipinski definition) is 4. The number of carbonyl (C=O) groups is 2. The smallest absolute Gasteiger partial charge is 0.339 e. The zero-order chi connectivity index (χ0) is 21.1. The molecule has 6 nitrogen and oxygen atoms in total. The number of H-pyrrole nitrogens is 1. The van der Waals surface area contributed by atoms with Gasteiger partial charge in [-0.3, -0.25) is 9.89 Å². The van der Waals surface area contributed by atoms with Crippen LogP contribution in [-0.2, 0) is 22.4 Å². The van der Waals surface area contributed by atoms with Gasteiger partial charge < -0.3 is 9.64 Å². The Hall–Kier alpha value is -3.41. The summed E-state index contributed by atoms with van der Waals surface area (Å²) in [5, 5.41) is 7.44. The zero-order valence-electron chi connectivity index (χ0n) is 17.2. The number of amides is 1. The van der Waals surface area contributed by atoms with Crippen molar-refractivity contribution in [2.75, 3.05) is 13.6 Å². The van der Waals surface area contributed by atoms with Crippen molar-refractivity contribution >= 4 is 11.9 Å². The van der Waals surface area contributed by atoms with Gasteiger partial charge in [0, 0.05) is 31.3 Å². The number of aromatic amines is 1. The number of ether oxygens (including phenoxy) is 1. The quantitative estimate of drug-likeness (QED) is 0.638. The van der Waals surface area contributed by atoms with Crippen LogP contribution in [-0.4, -0.2) is 46.2 Å². The molecule has 1 aromatic heterocycles. The number of benzene rings is 2. The molecule has 1 atom stereocenters. The lowest BCUT2D eigenvalue weighted by molar-refractivity contribution is -0.149. The normalized spacial score (nSPS) is 17.9. The molecular weight excluding hydrogens is 378 g/mol. The number of carbonyl (C=O) groups excluding carboxylic acids is 2. The van der Waals surface area contributed by atoms with E-state index in [0.717, 1.165) is 35.4 Å². The predicted octanol–water partition coefficient (Wildman–Crippen LogP) is 3.64. The Balaban J connectivity index is 1.34. The van der Waals surface area contributed by atoms with Gasteiger partial charge in [0.1, 0.15) is 0 Å². The van der Waals surface area contributed by atoms with Gasteiger partial charge in [-0.05, 0) is 37.5 Å². The number of aryl methyl sites for hydroxylation is 1. The van der Waals surface area contributed by atoms with E-state index in [1.165, 1.54) is 0 Å². The molecule has 0 saturated heterocycles. The summed E-state index contributed by atoms with van der Waals surface area (Å²) >= 11 is 0. The van der Waals surface area contributed by atoms with Gasteiger partial charge in [0.15, 0.2) is 5.60 Å². The van der Waals surface area contributed by atoms with E-state index in [1.807, 2.05) is 48.5 Å². The Morgan fingerprint density at radius 2 is 1.90 bits per heavy atom. The van der Waals surface area contributed by atoms with Gasteiger partial charge in [0.25, 0.3) is 5.91 Å². The maximum absolute atomic E-state index is 13.0. The minimum absolute atomic E-state index is 0.181. The van der Waals surface area contributed by atoms with Gasteiger partial charge in [-0.2, -0.15) is 5.10 Å². The standard InChI is InChI=1S/C24H25N3O3/c1-24(16-18-11-6-7-13-20(18)22(28)30-24)23(29)27(2)14-8-12-19-15-21(26-25-19)17-9-4-3-5-10-17/h3-7,9-11,13,15H,8,12,14,16H2,1-2H3,(H,25,26). The van der Waals surface area contributed by atoms with Crippen molar-refractivity contribution in [1.29, 1.82) is 0 Å². The first-order valence-corrected chi connectivity index (χ1v) is 10.1. The summed E-state index contributed by atoms with van der Waals surface area (Å²) in [5.74, 6) is -0.619. The lowest BCUT2D eigenvalue weighted by Crippen LogP contribution is -2.52. The van der Waals surface area contributed by atoms with Gasteiger partial charge >= 0.3 is 5.97 Å². The van der Waals surface area contributed by atoms with Crippen LogP contribution in [0.5, 0.6) is 0 Å². The first kappa shape index (κ1) is 19.9. The van der Waals surface area contributed by atoms with Gasteiger partial charge in [0.05, 0.1) is 11.3 Å². The minimum Gasteiger partial charge on any atom is -0.445 e. The van der Waals surface area contributed by atoms with Crippen LogP contribution in [0.1, 0.15) is 35.0 Å². The van der Waals surface area contributed by atoms with Gasteiger partial charge in [-0.15, -0.1) is 0 Å². The van der Waals surface area contributed by atoms with Crippen molar-refractivity contribution in [3.8, 4) is 11.3 Å². The van der Waals surface area contributed by atoms with Crippen LogP contribution in [0.4, 0.5) is 0 Å². The molecule has 2 aromatic carbocycles. The highest BCUT2D eigenvalue weighted by atomic mass is 16.6. The van der Waals surface area contributed by atoms with E-state index in [0.29, 0.717) is 18.5 Å². The van der Waals surface area contributed by atoms with Gasteiger partial charge in [-0.1, -0.05) is 48.5 Å². The number of aromatic nitrogens is 2. The van der Waals surface area contributed by atoms with Crippen LogP contribution in [0, 0.1) is 0 Å². The summed E-state index contributed by atoms with van der Waals surface area (Å²) in [6.07, 6.45) is 1.94. The number of cyclic esters (lactones) is 1. The third-order valence-electron chi connectivity index (χ3n) is 5.52. The van der Waals surface area contributed by atoms with Crippen LogP contribution >= 0.6 is 0 Å². The second-order valence-electron chi connectivity index (χ2n) is 7.93. The second-order valence-corrected chi connectivity index (χ2v) is 7.93. The van der Waals surface area contributed by atoms with E-state index in [9.17, 15) is 9.59 Å². The van der Waals surface area contributed by atoms with E-state index in [2.05, 4.69) is 10.2 Å². The van der Waals surface area contributed by atoms with Crippen molar-refractivity contribution in [2.45, 2.75) is 31.8 Å². The third-order valence-corrected chi connectivity index (χ3v) is 5.52. The summed E-state index contributed by atoms with van der Waals surface area (Å²) in [4.78, 5) is 27.0. The van der Waals surface area contributed by atoms with Crippen LogP contribution in [0.2, 0.25) is 0 Å². The van der Waals surface area contributed by atoms with Crippen LogP contribution in [0.15, 0.2) is 60.7 Å². The highest BCUT2D eigenvalue weighted by Gasteiger charge is 2.43. The molecule has 0 fully saturated rings. The summed E-state index contributed by atoms with van der Waals surface area (Å²) in [7, 11) is 1.75. The molecule has 1 aliphatic rings. The largest absolute Gasteiger partial charge is 0.445 e. The molecule has 0 aliphatic carbocycles. The highest BCUT2D eigenvalue weighted by molar-refractivity contribution is 5.97. The number of hydrogen-bond donors (Lipinski definition) is 1. The molecule has 2 heterocycles. The molecule has 154 valence electrons. The zero-order valence-corrected chi connectivity index (χ0v) is 17.2. The van der Waals surface area contributed by atoms with Crippen molar-refractivity contribution in [3.05, 3.63) is 77.5 Å². The number of likely N-dealkylation sites (N-methyl/N-ethyl adjacent to an activating group) is 1. The molecular formula is C24H25N3O3. The minimum atomic E-state index is -1.17. The SMILES string of the molecule is CN(CCCc1cc(-c2ccccc2)n[nH]1)C(=O)C1(C)Cc2ccccc2C(=O)O1. The molecule has 30 heavy (non-hydrogen) atoms. The fourth-order valence-corrected chi connectivity index (χ4v) is 3.91.